The summed E-state index contributed by atoms with van der Waals surface area (Å²) in [5.41, 5.74) is 0.523. The van der Waals surface area contributed by atoms with Gasteiger partial charge in [-0.1, -0.05) is 0 Å². The predicted molar refractivity (Wildman–Crippen MR) is 84.7 cm³/mol. The van der Waals surface area contributed by atoms with E-state index in [0.717, 1.165) is 6.42 Å². The third-order valence-electron chi connectivity index (χ3n) is 3.31. The van der Waals surface area contributed by atoms with E-state index < -0.39 is 0 Å². The van der Waals surface area contributed by atoms with Crippen LogP contribution in [-0.2, 0) is 4.79 Å². The molecule has 1 atom stereocenters. The predicted octanol–water partition coefficient (Wildman–Crippen LogP) is 1.19. The summed E-state index contributed by atoms with van der Waals surface area (Å²) in [7, 11) is 1.72. The maximum absolute atomic E-state index is 12.8. The van der Waals surface area contributed by atoms with Crippen molar-refractivity contribution in [1.82, 2.24) is 15.5 Å². The molecule has 3 N–H and O–H groups in total. The Labute approximate surface area is 134 Å². The highest BCUT2D eigenvalue weighted by atomic mass is 35.5. The minimum absolute atomic E-state index is 0. The zero-order valence-corrected chi connectivity index (χ0v) is 13.1. The molecule has 0 bridgehead atoms. The van der Waals surface area contributed by atoms with E-state index in [4.69, 9.17) is 0 Å². The number of likely N-dealkylation sites (N-methyl/N-ethyl adjacent to an activating group) is 1. The van der Waals surface area contributed by atoms with E-state index in [9.17, 15) is 14.0 Å². The number of nitrogens with one attached hydrogen (secondary N) is 3. The van der Waals surface area contributed by atoms with Crippen LogP contribution >= 0.6 is 12.4 Å². The first-order chi connectivity index (χ1) is 10.1. The average molecular weight is 331 g/mol. The molecule has 3 amide bonds. The molecule has 1 aromatic carbocycles. The summed E-state index contributed by atoms with van der Waals surface area (Å²) in [6.45, 7) is 1.45. The van der Waals surface area contributed by atoms with Crippen LogP contribution in [0.5, 0.6) is 0 Å². The molecular weight excluding hydrogens is 311 g/mol. The fourth-order valence-electron chi connectivity index (χ4n) is 2.25. The van der Waals surface area contributed by atoms with Gasteiger partial charge in [-0.15, -0.1) is 12.4 Å². The summed E-state index contributed by atoms with van der Waals surface area (Å²) in [6, 6.07) is 5.13. The van der Waals surface area contributed by atoms with Gasteiger partial charge in [0, 0.05) is 24.8 Å². The third-order valence-corrected chi connectivity index (χ3v) is 3.31. The van der Waals surface area contributed by atoms with E-state index in [1.165, 1.54) is 24.3 Å². The fraction of sp³-hybridized carbons (Fsp3) is 0.429. The van der Waals surface area contributed by atoms with Crippen molar-refractivity contribution in [3.05, 3.63) is 30.1 Å². The molecule has 0 aromatic heterocycles. The van der Waals surface area contributed by atoms with E-state index in [-0.39, 0.29) is 36.2 Å². The number of halogens is 2. The largest absolute Gasteiger partial charge is 0.339 e. The number of rotatable bonds is 4. The van der Waals surface area contributed by atoms with Crippen LogP contribution in [-0.4, -0.2) is 49.6 Å². The number of carbonyl (C=O) groups is 2. The highest BCUT2D eigenvalue weighted by Crippen LogP contribution is 2.11. The van der Waals surface area contributed by atoms with Crippen LogP contribution in [0.1, 0.15) is 6.42 Å². The quantitative estimate of drug-likeness (QED) is 0.776. The van der Waals surface area contributed by atoms with Gasteiger partial charge >= 0.3 is 6.03 Å². The minimum Gasteiger partial charge on any atom is -0.339 e. The number of benzene rings is 1. The van der Waals surface area contributed by atoms with Crippen molar-refractivity contribution in [2.75, 3.05) is 32.0 Å². The van der Waals surface area contributed by atoms with Gasteiger partial charge in [-0.2, -0.15) is 0 Å². The first kappa shape index (κ1) is 18.2. The van der Waals surface area contributed by atoms with Gasteiger partial charge in [-0.05, 0) is 37.7 Å². The summed E-state index contributed by atoms with van der Waals surface area (Å²) >= 11 is 0. The van der Waals surface area contributed by atoms with Crippen LogP contribution in [0.15, 0.2) is 24.3 Å². The number of nitrogens with zero attached hydrogens (tertiary/aromatic N) is 1. The lowest BCUT2D eigenvalue weighted by molar-refractivity contribution is -0.129. The normalized spacial score (nSPS) is 16.8. The second kappa shape index (κ2) is 8.55. The Morgan fingerprint density at radius 3 is 2.64 bits per heavy atom. The summed E-state index contributed by atoms with van der Waals surface area (Å²) in [6.07, 6.45) is 0.728. The molecule has 1 saturated heterocycles. The van der Waals surface area contributed by atoms with Gasteiger partial charge in [-0.3, -0.25) is 4.79 Å². The van der Waals surface area contributed by atoms with Crippen molar-refractivity contribution in [2.24, 2.45) is 0 Å². The Morgan fingerprint density at radius 1 is 1.32 bits per heavy atom. The lowest BCUT2D eigenvalue weighted by Crippen LogP contribution is -2.42. The highest BCUT2D eigenvalue weighted by molar-refractivity contribution is 5.89. The Bertz CT molecular complexity index is 512. The zero-order chi connectivity index (χ0) is 15.2. The van der Waals surface area contributed by atoms with E-state index in [0.29, 0.717) is 25.3 Å². The number of urea groups is 1. The fourth-order valence-corrected chi connectivity index (χ4v) is 2.25. The number of carbonyl (C=O) groups excluding carboxylic acids is 2. The topological polar surface area (TPSA) is 73.5 Å². The smallest absolute Gasteiger partial charge is 0.319 e. The minimum atomic E-state index is -0.352. The molecule has 1 aliphatic rings. The summed E-state index contributed by atoms with van der Waals surface area (Å²) in [5.74, 6) is -0.323. The van der Waals surface area contributed by atoms with Gasteiger partial charge in [0.15, 0.2) is 0 Å². The van der Waals surface area contributed by atoms with E-state index in [2.05, 4.69) is 16.0 Å². The molecule has 22 heavy (non-hydrogen) atoms. The zero-order valence-electron chi connectivity index (χ0n) is 12.3. The summed E-state index contributed by atoms with van der Waals surface area (Å²) < 4.78 is 12.8. The maximum atomic E-state index is 12.8. The molecule has 122 valence electrons. The summed E-state index contributed by atoms with van der Waals surface area (Å²) in [4.78, 5) is 25.2. The molecule has 0 aliphatic carbocycles. The molecule has 1 heterocycles. The second-order valence-electron chi connectivity index (χ2n) is 4.96. The number of amides is 3. The van der Waals surface area contributed by atoms with Gasteiger partial charge < -0.3 is 20.9 Å². The summed E-state index contributed by atoms with van der Waals surface area (Å²) in [5, 5.41) is 8.26. The van der Waals surface area contributed by atoms with Crippen LogP contribution in [0.25, 0.3) is 0 Å². The Hall–Kier alpha value is -1.86. The number of hydrogen-bond donors (Lipinski definition) is 3. The van der Waals surface area contributed by atoms with E-state index in [1.807, 2.05) is 0 Å². The third kappa shape index (κ3) is 5.16. The molecule has 0 radical (unpaired) electrons. The number of hydrogen-bond acceptors (Lipinski definition) is 3. The van der Waals surface area contributed by atoms with Crippen LogP contribution in [0.3, 0.4) is 0 Å². The molecule has 1 aromatic rings. The van der Waals surface area contributed by atoms with Crippen LogP contribution < -0.4 is 16.0 Å². The molecule has 6 nitrogen and oxygen atoms in total. The molecule has 1 unspecified atom stereocenters. The standard InChI is InChI=1S/C14H19FN4O2.ClH/c1-16-8-13(20)19-7-6-12(9-19)18-14(21)17-11-4-2-10(15)3-5-11;/h2-5,12,16H,6-9H2,1H3,(H2,17,18,21);1H. The first-order valence-corrected chi connectivity index (χ1v) is 6.84. The average Bonchev–Trinajstić information content (AvgIpc) is 2.90. The Balaban J connectivity index is 0.00000242. The monoisotopic (exact) mass is 330 g/mol. The van der Waals surface area contributed by atoms with Crippen molar-refractivity contribution in [3.8, 4) is 0 Å². The van der Waals surface area contributed by atoms with E-state index >= 15 is 0 Å². The van der Waals surface area contributed by atoms with Gasteiger partial charge in [0.05, 0.1) is 6.54 Å². The lowest BCUT2D eigenvalue weighted by atomic mass is 10.3. The van der Waals surface area contributed by atoms with Gasteiger partial charge in [0.1, 0.15) is 5.82 Å². The Morgan fingerprint density at radius 2 is 2.00 bits per heavy atom. The van der Waals surface area contributed by atoms with Crippen LogP contribution in [0, 0.1) is 5.82 Å². The molecule has 2 rings (SSSR count). The molecule has 1 aliphatic heterocycles. The molecular formula is C14H20ClFN4O2. The van der Waals surface area contributed by atoms with Crippen molar-refractivity contribution in [3.63, 3.8) is 0 Å². The van der Waals surface area contributed by atoms with Gasteiger partial charge in [0.2, 0.25) is 5.91 Å². The molecule has 0 spiro atoms. The van der Waals surface area contributed by atoms with Crippen LogP contribution in [0.4, 0.5) is 14.9 Å². The van der Waals surface area contributed by atoms with Crippen molar-refractivity contribution < 1.29 is 14.0 Å². The molecule has 8 heteroatoms. The van der Waals surface area contributed by atoms with Crippen LogP contribution in [0.2, 0.25) is 0 Å². The molecule has 1 fully saturated rings. The second-order valence-corrected chi connectivity index (χ2v) is 4.96. The Kier molecular flexibility index (Phi) is 7.07. The molecule has 0 saturated carbocycles. The van der Waals surface area contributed by atoms with Gasteiger partial charge in [0.25, 0.3) is 0 Å². The first-order valence-electron chi connectivity index (χ1n) is 6.84. The number of likely N-dealkylation sites (tertiary alicyclic amines) is 1. The maximum Gasteiger partial charge on any atom is 0.319 e. The van der Waals surface area contributed by atoms with Crippen molar-refractivity contribution >= 4 is 30.0 Å². The highest BCUT2D eigenvalue weighted by Gasteiger charge is 2.26. The van der Waals surface area contributed by atoms with Gasteiger partial charge in [-0.25, -0.2) is 9.18 Å². The number of anilines is 1. The van der Waals surface area contributed by atoms with Crippen molar-refractivity contribution in [2.45, 2.75) is 12.5 Å². The SMILES string of the molecule is CNCC(=O)N1CCC(NC(=O)Nc2ccc(F)cc2)C1.Cl. The lowest BCUT2D eigenvalue weighted by Gasteiger charge is -2.17. The van der Waals surface area contributed by atoms with Crippen molar-refractivity contribution in [1.29, 1.82) is 0 Å². The van der Waals surface area contributed by atoms with E-state index in [1.54, 1.807) is 11.9 Å².